The van der Waals surface area contributed by atoms with Gasteiger partial charge in [0.2, 0.25) is 5.91 Å². The maximum atomic E-state index is 12.0. The molecule has 1 atom stereocenters. The predicted octanol–water partition coefficient (Wildman–Crippen LogP) is 2.22. The second-order valence-electron chi connectivity index (χ2n) is 5.22. The van der Waals surface area contributed by atoms with Gasteiger partial charge in [-0.25, -0.2) is 8.42 Å². The molecule has 1 fully saturated rings. The zero-order chi connectivity index (χ0) is 17.0. The Kier molecular flexibility index (Phi) is 6.16. The van der Waals surface area contributed by atoms with Crippen LogP contribution in [0.5, 0.6) is 5.75 Å². The van der Waals surface area contributed by atoms with Gasteiger partial charge in [0.25, 0.3) is 0 Å². The van der Waals surface area contributed by atoms with E-state index in [0.717, 1.165) is 0 Å². The van der Waals surface area contributed by atoms with Crippen molar-refractivity contribution in [2.24, 2.45) is 0 Å². The van der Waals surface area contributed by atoms with Crippen LogP contribution in [0.2, 0.25) is 5.02 Å². The van der Waals surface area contributed by atoms with E-state index in [2.05, 4.69) is 26.6 Å². The lowest BCUT2D eigenvalue weighted by Gasteiger charge is -2.16. The lowest BCUT2D eigenvalue weighted by atomic mass is 10.2. The molecule has 0 aliphatic carbocycles. The first-order chi connectivity index (χ1) is 10.8. The van der Waals surface area contributed by atoms with Crippen LogP contribution in [0.4, 0.5) is 5.69 Å². The second-order valence-corrected chi connectivity index (χ2v) is 8.74. The molecule has 0 bridgehead atoms. The molecule has 1 unspecified atom stereocenters. The first-order valence-corrected chi connectivity index (χ1v) is 10.2. The number of hydrogen-bond acceptors (Lipinski definition) is 5. The van der Waals surface area contributed by atoms with Gasteiger partial charge in [-0.05, 0) is 41.4 Å². The number of sulfone groups is 1. The van der Waals surface area contributed by atoms with Crippen LogP contribution in [0.15, 0.2) is 16.6 Å². The Morgan fingerprint density at radius 3 is 2.83 bits per heavy atom. The third kappa shape index (κ3) is 5.26. The highest BCUT2D eigenvalue weighted by molar-refractivity contribution is 9.10. The fourth-order valence-corrected chi connectivity index (χ4v) is 4.94. The normalized spacial score (nSPS) is 19.3. The van der Waals surface area contributed by atoms with Crippen LogP contribution < -0.4 is 15.4 Å². The number of amides is 1. The maximum absolute atomic E-state index is 12.0. The van der Waals surface area contributed by atoms with Crippen LogP contribution in [0.1, 0.15) is 13.3 Å². The Balaban J connectivity index is 1.96. The van der Waals surface area contributed by atoms with Gasteiger partial charge >= 0.3 is 0 Å². The molecule has 128 valence electrons. The molecule has 2 N–H and O–H groups in total. The van der Waals surface area contributed by atoms with Gasteiger partial charge in [0.1, 0.15) is 0 Å². The fourth-order valence-electron chi connectivity index (χ4n) is 2.35. The number of rotatable bonds is 6. The van der Waals surface area contributed by atoms with E-state index in [4.69, 9.17) is 16.3 Å². The zero-order valence-corrected chi connectivity index (χ0v) is 15.7. The summed E-state index contributed by atoms with van der Waals surface area (Å²) in [5, 5.41) is 6.20. The fraction of sp³-hybridized carbons (Fsp3) is 0.500. The van der Waals surface area contributed by atoms with Crippen molar-refractivity contribution in [3.8, 4) is 5.75 Å². The van der Waals surface area contributed by atoms with Gasteiger partial charge in [-0.2, -0.15) is 0 Å². The largest absolute Gasteiger partial charge is 0.491 e. The van der Waals surface area contributed by atoms with Gasteiger partial charge in [-0.1, -0.05) is 11.6 Å². The van der Waals surface area contributed by atoms with Crippen LogP contribution >= 0.6 is 27.5 Å². The third-order valence-electron chi connectivity index (χ3n) is 3.33. The monoisotopic (exact) mass is 424 g/mol. The van der Waals surface area contributed by atoms with E-state index in [0.29, 0.717) is 34.0 Å². The standard InChI is InChI=1S/C14H18BrClN2O4S/c1-2-22-14-11(15)5-9(16)6-12(14)17-7-13(19)18-10-3-4-23(20,21)8-10/h5-6,10,17H,2-4,7-8H2,1H3,(H,18,19). The van der Waals surface area contributed by atoms with Crippen LogP contribution in [-0.4, -0.2) is 45.0 Å². The molecule has 1 aliphatic rings. The Bertz CT molecular complexity index is 696. The molecule has 23 heavy (non-hydrogen) atoms. The first kappa shape index (κ1) is 18.4. The van der Waals surface area contributed by atoms with Crippen LogP contribution in [0.3, 0.4) is 0 Å². The van der Waals surface area contributed by atoms with Gasteiger partial charge in [-0.15, -0.1) is 0 Å². The first-order valence-electron chi connectivity index (χ1n) is 7.16. The molecule has 2 rings (SSSR count). The predicted molar refractivity (Wildman–Crippen MR) is 94.0 cm³/mol. The zero-order valence-electron chi connectivity index (χ0n) is 12.6. The molecule has 0 aromatic heterocycles. The molecule has 1 saturated heterocycles. The summed E-state index contributed by atoms with van der Waals surface area (Å²) in [5.41, 5.74) is 0.598. The Morgan fingerprint density at radius 2 is 2.22 bits per heavy atom. The Morgan fingerprint density at radius 1 is 1.48 bits per heavy atom. The molecule has 0 radical (unpaired) electrons. The van der Waals surface area contributed by atoms with Crippen molar-refractivity contribution in [1.29, 1.82) is 0 Å². The number of hydrogen-bond donors (Lipinski definition) is 2. The SMILES string of the molecule is CCOc1c(Br)cc(Cl)cc1NCC(=O)NC1CCS(=O)(=O)C1. The molecule has 0 spiro atoms. The van der Waals surface area contributed by atoms with Crippen molar-refractivity contribution < 1.29 is 17.9 Å². The summed E-state index contributed by atoms with van der Waals surface area (Å²) in [6.45, 7) is 2.34. The highest BCUT2D eigenvalue weighted by Crippen LogP contribution is 2.36. The summed E-state index contributed by atoms with van der Waals surface area (Å²) in [4.78, 5) is 12.0. The van der Waals surface area contributed by atoms with Crippen LogP contribution in [-0.2, 0) is 14.6 Å². The Hall–Kier alpha value is -0.990. The van der Waals surface area contributed by atoms with Gasteiger partial charge in [-0.3, -0.25) is 4.79 Å². The van der Waals surface area contributed by atoms with Crippen molar-refractivity contribution >= 4 is 49.0 Å². The number of benzene rings is 1. The van der Waals surface area contributed by atoms with E-state index >= 15 is 0 Å². The quantitative estimate of drug-likeness (QED) is 0.730. The summed E-state index contributed by atoms with van der Waals surface area (Å²) in [7, 11) is -3.01. The number of carbonyl (C=O) groups is 1. The van der Waals surface area contributed by atoms with Crippen molar-refractivity contribution in [3.63, 3.8) is 0 Å². The van der Waals surface area contributed by atoms with Crippen molar-refractivity contribution in [3.05, 3.63) is 21.6 Å². The Labute approximate surface area is 149 Å². The number of ether oxygens (including phenoxy) is 1. The minimum Gasteiger partial charge on any atom is -0.491 e. The highest BCUT2D eigenvalue weighted by Gasteiger charge is 2.28. The van der Waals surface area contributed by atoms with Gasteiger partial charge in [0, 0.05) is 11.1 Å². The average molecular weight is 426 g/mol. The molecule has 1 amide bonds. The maximum Gasteiger partial charge on any atom is 0.239 e. The lowest BCUT2D eigenvalue weighted by Crippen LogP contribution is -2.39. The molecule has 1 aromatic carbocycles. The summed E-state index contributed by atoms with van der Waals surface area (Å²) in [5.74, 6) is 0.436. The van der Waals surface area contributed by atoms with Crippen molar-refractivity contribution in [1.82, 2.24) is 5.32 Å². The van der Waals surface area contributed by atoms with E-state index in [1.54, 1.807) is 12.1 Å². The van der Waals surface area contributed by atoms with Gasteiger partial charge in [0.15, 0.2) is 15.6 Å². The topological polar surface area (TPSA) is 84.5 Å². The molecule has 6 nitrogen and oxygen atoms in total. The molecular formula is C14H18BrClN2O4S. The van der Waals surface area contributed by atoms with E-state index in [9.17, 15) is 13.2 Å². The van der Waals surface area contributed by atoms with Crippen LogP contribution in [0.25, 0.3) is 0 Å². The summed E-state index contributed by atoms with van der Waals surface area (Å²) < 4.78 is 29.0. The van der Waals surface area contributed by atoms with Gasteiger partial charge < -0.3 is 15.4 Å². The van der Waals surface area contributed by atoms with E-state index in [1.807, 2.05) is 6.92 Å². The molecule has 1 heterocycles. The molecule has 9 heteroatoms. The molecule has 1 aromatic rings. The summed E-state index contributed by atoms with van der Waals surface area (Å²) >= 11 is 9.39. The number of nitrogens with one attached hydrogen (secondary N) is 2. The second kappa shape index (κ2) is 7.72. The molecule has 1 aliphatic heterocycles. The van der Waals surface area contributed by atoms with Crippen molar-refractivity contribution in [2.75, 3.05) is 30.0 Å². The van der Waals surface area contributed by atoms with Gasteiger partial charge in [0.05, 0.1) is 34.8 Å². The average Bonchev–Trinajstić information content (AvgIpc) is 2.79. The van der Waals surface area contributed by atoms with E-state index < -0.39 is 9.84 Å². The summed E-state index contributed by atoms with van der Waals surface area (Å²) in [6.07, 6.45) is 0.459. The minimum atomic E-state index is -3.01. The highest BCUT2D eigenvalue weighted by atomic mass is 79.9. The number of carbonyl (C=O) groups excluding carboxylic acids is 1. The lowest BCUT2D eigenvalue weighted by molar-refractivity contribution is -0.119. The molecular weight excluding hydrogens is 408 g/mol. The van der Waals surface area contributed by atoms with Crippen LogP contribution in [0, 0.1) is 0 Å². The van der Waals surface area contributed by atoms with Crippen molar-refractivity contribution in [2.45, 2.75) is 19.4 Å². The van der Waals surface area contributed by atoms with E-state index in [1.165, 1.54) is 0 Å². The molecule has 0 saturated carbocycles. The van der Waals surface area contributed by atoms with E-state index in [-0.39, 0.29) is 30.0 Å². The minimum absolute atomic E-state index is 0.00338. The third-order valence-corrected chi connectivity index (χ3v) is 5.91. The smallest absolute Gasteiger partial charge is 0.239 e. The number of halogens is 2. The summed E-state index contributed by atoms with van der Waals surface area (Å²) in [6, 6.07) is 3.07. The number of anilines is 1.